The number of aliphatic hydroxyl groups excluding tert-OH is 1. The monoisotopic (exact) mass is 929 g/mol. The molecule has 0 saturated carbocycles. The van der Waals surface area contributed by atoms with Crippen LogP contribution in [-0.2, 0) is 19.1 Å². The summed E-state index contributed by atoms with van der Waals surface area (Å²) in [7, 11) is 0. The van der Waals surface area contributed by atoms with Gasteiger partial charge in [0.2, 0.25) is 0 Å². The highest BCUT2D eigenvalue weighted by Gasteiger charge is 2.16. The molecule has 0 aromatic rings. The molecule has 1 atom stereocenters. The van der Waals surface area contributed by atoms with Gasteiger partial charge in [-0.05, 0) is 44.9 Å². The van der Waals surface area contributed by atoms with E-state index in [9.17, 15) is 14.7 Å². The Morgan fingerprint density at radius 1 is 0.348 bits per heavy atom. The quantitative estimate of drug-likeness (QED) is 0.0374. The number of carbonyl (C=O) groups is 2. The van der Waals surface area contributed by atoms with E-state index in [-0.39, 0.29) is 25.2 Å². The van der Waals surface area contributed by atoms with Crippen LogP contribution in [-0.4, -0.2) is 36.4 Å². The summed E-state index contributed by atoms with van der Waals surface area (Å²) in [6.07, 6.45) is 73.1. The Kier molecular flexibility index (Phi) is 56.3. The van der Waals surface area contributed by atoms with Gasteiger partial charge < -0.3 is 14.6 Å². The second kappa shape index (κ2) is 57.7. The Hall–Kier alpha value is -1.62. The van der Waals surface area contributed by atoms with Gasteiger partial charge in [0.25, 0.3) is 0 Å². The molecule has 0 aliphatic carbocycles. The summed E-state index contributed by atoms with van der Waals surface area (Å²) in [5, 5.41) is 9.66. The predicted octanol–water partition coefficient (Wildman–Crippen LogP) is 20.1. The Morgan fingerprint density at radius 2 is 0.606 bits per heavy atom. The fourth-order valence-electron chi connectivity index (χ4n) is 9.24. The Labute approximate surface area is 413 Å². The average Bonchev–Trinajstić information content (AvgIpc) is 3.32. The molecule has 0 aromatic carbocycles. The van der Waals surface area contributed by atoms with Crippen LogP contribution in [0, 0.1) is 0 Å². The molecular formula is C61H116O5. The van der Waals surface area contributed by atoms with Gasteiger partial charge in [-0.3, -0.25) is 9.59 Å². The molecule has 0 aromatic heterocycles. The molecule has 0 bridgehead atoms. The number of carbonyl (C=O) groups excluding carboxylic acids is 2. The molecule has 5 nitrogen and oxygen atoms in total. The molecular weight excluding hydrogens is 813 g/mol. The van der Waals surface area contributed by atoms with Gasteiger partial charge >= 0.3 is 11.9 Å². The summed E-state index contributed by atoms with van der Waals surface area (Å²) >= 11 is 0. The maximum absolute atomic E-state index is 12.3. The molecule has 1 N–H and O–H groups in total. The molecule has 390 valence electrons. The van der Waals surface area contributed by atoms with Crippen molar-refractivity contribution in [2.24, 2.45) is 0 Å². The molecule has 0 saturated heterocycles. The van der Waals surface area contributed by atoms with Crippen LogP contribution in [0.25, 0.3) is 0 Å². The first-order valence-corrected chi connectivity index (χ1v) is 29.9. The summed E-state index contributed by atoms with van der Waals surface area (Å²) in [6, 6.07) is 0. The van der Waals surface area contributed by atoms with Crippen molar-refractivity contribution < 1.29 is 24.2 Å². The second-order valence-electron chi connectivity index (χ2n) is 20.4. The minimum Gasteiger partial charge on any atom is -0.462 e. The minimum atomic E-state index is -0.768. The van der Waals surface area contributed by atoms with Gasteiger partial charge in [0.15, 0.2) is 6.10 Å². The lowest BCUT2D eigenvalue weighted by atomic mass is 10.0. The van der Waals surface area contributed by atoms with E-state index in [1.165, 1.54) is 270 Å². The molecule has 0 aliphatic rings. The van der Waals surface area contributed by atoms with Crippen LogP contribution >= 0.6 is 0 Å². The Bertz CT molecular complexity index is 1010. The molecule has 66 heavy (non-hydrogen) atoms. The van der Waals surface area contributed by atoms with Crippen molar-refractivity contribution in [1.29, 1.82) is 0 Å². The highest BCUT2D eigenvalue weighted by atomic mass is 16.6. The van der Waals surface area contributed by atoms with Gasteiger partial charge in [-0.2, -0.15) is 0 Å². The molecule has 0 fully saturated rings. The van der Waals surface area contributed by atoms with E-state index in [4.69, 9.17) is 9.47 Å². The molecule has 0 heterocycles. The van der Waals surface area contributed by atoms with Gasteiger partial charge in [0, 0.05) is 12.8 Å². The van der Waals surface area contributed by atoms with Gasteiger partial charge in [0.05, 0.1) is 6.61 Å². The first kappa shape index (κ1) is 64.4. The highest BCUT2D eigenvalue weighted by Crippen LogP contribution is 2.18. The van der Waals surface area contributed by atoms with Crippen LogP contribution in [0.1, 0.15) is 335 Å². The van der Waals surface area contributed by atoms with Crippen molar-refractivity contribution in [3.05, 3.63) is 24.3 Å². The van der Waals surface area contributed by atoms with E-state index in [0.717, 1.165) is 38.5 Å². The van der Waals surface area contributed by atoms with E-state index in [1.54, 1.807) is 0 Å². The van der Waals surface area contributed by atoms with Crippen molar-refractivity contribution in [2.45, 2.75) is 341 Å². The number of allylic oxidation sites excluding steroid dienone is 4. The van der Waals surface area contributed by atoms with Crippen LogP contribution in [0.3, 0.4) is 0 Å². The lowest BCUT2D eigenvalue weighted by Gasteiger charge is -2.15. The van der Waals surface area contributed by atoms with Crippen molar-refractivity contribution >= 4 is 11.9 Å². The van der Waals surface area contributed by atoms with Crippen molar-refractivity contribution in [1.82, 2.24) is 0 Å². The van der Waals surface area contributed by atoms with Crippen LogP contribution in [0.15, 0.2) is 24.3 Å². The van der Waals surface area contributed by atoms with Gasteiger partial charge in [-0.25, -0.2) is 0 Å². The van der Waals surface area contributed by atoms with E-state index in [0.29, 0.717) is 12.8 Å². The predicted molar refractivity (Wildman–Crippen MR) is 288 cm³/mol. The van der Waals surface area contributed by atoms with Crippen molar-refractivity contribution in [2.75, 3.05) is 13.2 Å². The zero-order valence-electron chi connectivity index (χ0n) is 44.7. The van der Waals surface area contributed by atoms with E-state index in [2.05, 4.69) is 38.2 Å². The smallest absolute Gasteiger partial charge is 0.306 e. The Balaban J connectivity index is 3.41. The molecule has 0 aliphatic heterocycles. The number of esters is 2. The first-order chi connectivity index (χ1) is 32.6. The zero-order chi connectivity index (χ0) is 47.7. The number of ether oxygens (including phenoxy) is 2. The van der Waals surface area contributed by atoms with Crippen molar-refractivity contribution in [3.8, 4) is 0 Å². The maximum atomic E-state index is 12.3. The SMILES string of the molecule is CCCCCCC/C=C\C/C=C\CCCCCCCCCCCCCCCCCC(=O)OC(CO)COC(=O)CCCCCCCCCCCCCCCCCCCCCCCCCCC. The van der Waals surface area contributed by atoms with Gasteiger partial charge in [0.1, 0.15) is 6.61 Å². The number of hydrogen-bond acceptors (Lipinski definition) is 5. The lowest BCUT2D eigenvalue weighted by molar-refractivity contribution is -0.161. The fraction of sp³-hybridized carbons (Fsp3) is 0.902. The molecule has 0 radical (unpaired) electrons. The Morgan fingerprint density at radius 3 is 0.894 bits per heavy atom. The summed E-state index contributed by atoms with van der Waals surface area (Å²) in [5.41, 5.74) is 0. The van der Waals surface area contributed by atoms with E-state index >= 15 is 0 Å². The van der Waals surface area contributed by atoms with Crippen LogP contribution in [0.5, 0.6) is 0 Å². The summed E-state index contributed by atoms with van der Waals surface area (Å²) in [6.45, 7) is 4.19. The average molecular weight is 930 g/mol. The molecule has 0 amide bonds. The zero-order valence-corrected chi connectivity index (χ0v) is 44.7. The fourth-order valence-corrected chi connectivity index (χ4v) is 9.24. The number of aliphatic hydroxyl groups is 1. The van der Waals surface area contributed by atoms with Gasteiger partial charge in [-0.1, -0.05) is 301 Å². The van der Waals surface area contributed by atoms with E-state index < -0.39 is 6.10 Å². The number of unbranched alkanes of at least 4 members (excludes halogenated alkanes) is 44. The molecule has 0 spiro atoms. The van der Waals surface area contributed by atoms with Gasteiger partial charge in [-0.15, -0.1) is 0 Å². The normalized spacial score (nSPS) is 12.2. The van der Waals surface area contributed by atoms with Crippen LogP contribution in [0.2, 0.25) is 0 Å². The maximum Gasteiger partial charge on any atom is 0.306 e. The molecule has 0 rings (SSSR count). The third kappa shape index (κ3) is 55.0. The third-order valence-corrected chi connectivity index (χ3v) is 13.7. The second-order valence-corrected chi connectivity index (χ2v) is 20.4. The van der Waals surface area contributed by atoms with Crippen LogP contribution in [0.4, 0.5) is 0 Å². The summed E-state index contributed by atoms with van der Waals surface area (Å²) in [4.78, 5) is 24.6. The number of rotatable bonds is 56. The minimum absolute atomic E-state index is 0.0590. The standard InChI is InChI=1S/C61H116O5/c1-3-5-7-9-11-13-15-17-19-21-23-25-27-29-30-32-34-36-38-40-42-44-46-48-50-52-54-56-61(64)66-59(57-62)58-65-60(63)55-53-51-49-47-45-43-41-39-37-35-33-31-28-26-24-22-20-18-16-14-12-10-8-6-4-2/h15,17,21,23,59,62H,3-14,16,18-20,22,24-58H2,1-2H3/b17-15-,23-21-. The highest BCUT2D eigenvalue weighted by molar-refractivity contribution is 5.70. The lowest BCUT2D eigenvalue weighted by Crippen LogP contribution is -2.28. The van der Waals surface area contributed by atoms with E-state index in [1.807, 2.05) is 0 Å². The number of hydrogen-bond donors (Lipinski definition) is 1. The first-order valence-electron chi connectivity index (χ1n) is 29.9. The third-order valence-electron chi connectivity index (χ3n) is 13.7. The largest absolute Gasteiger partial charge is 0.462 e. The summed E-state index contributed by atoms with van der Waals surface area (Å²) < 4.78 is 10.7. The topological polar surface area (TPSA) is 72.8 Å². The van der Waals surface area contributed by atoms with Crippen molar-refractivity contribution in [3.63, 3.8) is 0 Å². The summed E-state index contributed by atoms with van der Waals surface area (Å²) in [5.74, 6) is -0.569. The van der Waals surface area contributed by atoms with Crippen LogP contribution < -0.4 is 0 Å². The molecule has 5 heteroatoms. The molecule has 1 unspecified atom stereocenters.